The Morgan fingerprint density at radius 1 is 0.952 bits per heavy atom. The van der Waals surface area contributed by atoms with E-state index in [4.69, 9.17) is 4.74 Å². The maximum absolute atomic E-state index is 5.26. The van der Waals surface area contributed by atoms with Crippen LogP contribution in [0.1, 0.15) is 43.4 Å². The molecule has 1 nitrogen and oxygen atoms in total. The lowest BCUT2D eigenvalue weighted by atomic mass is 10.1. The van der Waals surface area contributed by atoms with Gasteiger partial charge in [0.05, 0.1) is 7.11 Å². The average Bonchev–Trinajstić information content (AvgIpc) is 2.55. The molecule has 0 aliphatic heterocycles. The first-order chi connectivity index (χ1) is 10.3. The molecule has 2 heteroatoms. The van der Waals surface area contributed by atoms with Crippen LogP contribution in [-0.2, 0) is 0 Å². The van der Waals surface area contributed by atoms with Gasteiger partial charge in [0.15, 0.2) is 0 Å². The zero-order valence-electron chi connectivity index (χ0n) is 12.9. The highest BCUT2D eigenvalue weighted by Gasteiger charge is 2.13. The average molecular weight is 300 g/mol. The predicted octanol–water partition coefficient (Wildman–Crippen LogP) is 6.11. The summed E-state index contributed by atoms with van der Waals surface area (Å²) in [5, 5.41) is 0.518. The quantitative estimate of drug-likeness (QED) is 0.430. The van der Waals surface area contributed by atoms with Gasteiger partial charge in [0.2, 0.25) is 0 Å². The highest BCUT2D eigenvalue weighted by molar-refractivity contribution is 7.99. The molecule has 0 N–H and O–H groups in total. The van der Waals surface area contributed by atoms with Crippen LogP contribution >= 0.6 is 11.8 Å². The molecule has 0 aliphatic rings. The van der Waals surface area contributed by atoms with Crippen molar-refractivity contribution in [2.75, 3.05) is 7.11 Å². The largest absolute Gasteiger partial charge is 0.497 e. The van der Waals surface area contributed by atoms with Crippen LogP contribution in [0.3, 0.4) is 0 Å². The van der Waals surface area contributed by atoms with Crippen LogP contribution in [-0.4, -0.2) is 7.11 Å². The van der Waals surface area contributed by atoms with E-state index in [1.165, 1.54) is 36.1 Å². The molecule has 0 aliphatic carbocycles. The topological polar surface area (TPSA) is 9.23 Å². The third-order valence-electron chi connectivity index (χ3n) is 3.58. The number of hydrogen-bond acceptors (Lipinski definition) is 2. The minimum absolute atomic E-state index is 0.518. The number of rotatable bonds is 8. The zero-order valence-corrected chi connectivity index (χ0v) is 13.7. The molecule has 0 saturated heterocycles. The number of hydrogen-bond donors (Lipinski definition) is 0. The normalized spacial score (nSPS) is 12.1. The summed E-state index contributed by atoms with van der Waals surface area (Å²) in [6.07, 6.45) is 5.08. The summed E-state index contributed by atoms with van der Waals surface area (Å²) >= 11 is 1.96. The molecule has 1 unspecified atom stereocenters. The van der Waals surface area contributed by atoms with Gasteiger partial charge in [-0.3, -0.25) is 0 Å². The lowest BCUT2D eigenvalue weighted by molar-refractivity contribution is 0.414. The molecule has 0 amide bonds. The van der Waals surface area contributed by atoms with E-state index < -0.39 is 0 Å². The fraction of sp³-hybridized carbons (Fsp3) is 0.368. The molecule has 21 heavy (non-hydrogen) atoms. The minimum Gasteiger partial charge on any atom is -0.497 e. The van der Waals surface area contributed by atoms with Crippen LogP contribution in [0.2, 0.25) is 0 Å². The lowest BCUT2D eigenvalue weighted by Crippen LogP contribution is -1.95. The molecular weight excluding hydrogens is 276 g/mol. The number of benzene rings is 2. The Balaban J connectivity index is 2.10. The summed E-state index contributed by atoms with van der Waals surface area (Å²) < 4.78 is 5.26. The molecule has 0 heterocycles. The van der Waals surface area contributed by atoms with Crippen LogP contribution in [0.4, 0.5) is 0 Å². The van der Waals surface area contributed by atoms with Crippen LogP contribution in [0.25, 0.3) is 0 Å². The zero-order chi connectivity index (χ0) is 14.9. The molecule has 1 atom stereocenters. The molecule has 0 radical (unpaired) electrons. The molecule has 0 spiro atoms. The molecule has 2 aromatic carbocycles. The number of ether oxygens (including phenoxy) is 1. The molecule has 0 bridgehead atoms. The maximum Gasteiger partial charge on any atom is 0.118 e. The molecule has 0 fully saturated rings. The van der Waals surface area contributed by atoms with E-state index >= 15 is 0 Å². The van der Waals surface area contributed by atoms with Crippen molar-refractivity contribution in [1.82, 2.24) is 0 Å². The van der Waals surface area contributed by atoms with E-state index in [-0.39, 0.29) is 0 Å². The number of methoxy groups -OCH3 is 1. The Morgan fingerprint density at radius 2 is 1.67 bits per heavy atom. The summed E-state index contributed by atoms with van der Waals surface area (Å²) in [4.78, 5) is 1.34. The molecule has 2 rings (SSSR count). The summed E-state index contributed by atoms with van der Waals surface area (Å²) in [6.45, 7) is 2.26. The highest BCUT2D eigenvalue weighted by Crippen LogP contribution is 2.39. The van der Waals surface area contributed by atoms with Gasteiger partial charge in [0, 0.05) is 10.1 Å². The van der Waals surface area contributed by atoms with Crippen molar-refractivity contribution < 1.29 is 4.74 Å². The summed E-state index contributed by atoms with van der Waals surface area (Å²) in [5.41, 5.74) is 1.39. The molecule has 0 aromatic heterocycles. The van der Waals surface area contributed by atoms with Crippen molar-refractivity contribution in [2.45, 2.75) is 42.8 Å². The summed E-state index contributed by atoms with van der Waals surface area (Å²) in [5.74, 6) is 0.927. The Kier molecular flexibility index (Phi) is 6.68. The molecule has 2 aromatic rings. The smallest absolute Gasteiger partial charge is 0.118 e. The van der Waals surface area contributed by atoms with Gasteiger partial charge < -0.3 is 4.74 Å². The Morgan fingerprint density at radius 3 is 2.29 bits per heavy atom. The van der Waals surface area contributed by atoms with Gasteiger partial charge in [-0.05, 0) is 36.2 Å². The SMILES string of the molecule is CCCCCC(Sc1ccccc1)c1ccc(OC)cc1. The molecular formula is C19H24OS. The van der Waals surface area contributed by atoms with E-state index in [1.807, 2.05) is 11.8 Å². The van der Waals surface area contributed by atoms with E-state index in [1.54, 1.807) is 7.11 Å². The van der Waals surface area contributed by atoms with Crippen LogP contribution in [0.15, 0.2) is 59.5 Å². The van der Waals surface area contributed by atoms with Crippen LogP contribution < -0.4 is 4.74 Å². The standard InChI is InChI=1S/C19H24OS/c1-3-4-6-11-19(21-18-9-7-5-8-10-18)16-12-14-17(20-2)15-13-16/h5,7-10,12-15,19H,3-4,6,11H2,1-2H3. The summed E-state index contributed by atoms with van der Waals surface area (Å²) in [7, 11) is 1.71. The number of thioether (sulfide) groups is 1. The third kappa shape index (κ3) is 5.13. The van der Waals surface area contributed by atoms with Crippen molar-refractivity contribution in [1.29, 1.82) is 0 Å². The van der Waals surface area contributed by atoms with E-state index in [0.29, 0.717) is 5.25 Å². The van der Waals surface area contributed by atoms with Gasteiger partial charge in [-0.15, -0.1) is 11.8 Å². The first-order valence-corrected chi connectivity index (χ1v) is 8.57. The third-order valence-corrected chi connectivity index (χ3v) is 4.92. The Hall–Kier alpha value is -1.41. The molecule has 112 valence electrons. The van der Waals surface area contributed by atoms with Crippen molar-refractivity contribution in [2.24, 2.45) is 0 Å². The van der Waals surface area contributed by atoms with Crippen LogP contribution in [0, 0.1) is 0 Å². The van der Waals surface area contributed by atoms with E-state index in [9.17, 15) is 0 Å². The second-order valence-electron chi connectivity index (χ2n) is 5.19. The van der Waals surface area contributed by atoms with Crippen LogP contribution in [0.5, 0.6) is 5.75 Å². The Labute approximate surface area is 132 Å². The van der Waals surface area contributed by atoms with Gasteiger partial charge in [-0.25, -0.2) is 0 Å². The number of unbranched alkanes of at least 4 members (excludes halogenated alkanes) is 2. The van der Waals surface area contributed by atoms with Gasteiger partial charge >= 0.3 is 0 Å². The first kappa shape index (κ1) is 16.0. The van der Waals surface area contributed by atoms with Gasteiger partial charge in [-0.2, -0.15) is 0 Å². The fourth-order valence-electron chi connectivity index (χ4n) is 2.36. The Bertz CT molecular complexity index is 507. The maximum atomic E-state index is 5.26. The predicted molar refractivity (Wildman–Crippen MR) is 92.2 cm³/mol. The van der Waals surface area contributed by atoms with E-state index in [2.05, 4.69) is 61.5 Å². The van der Waals surface area contributed by atoms with Gasteiger partial charge in [0.25, 0.3) is 0 Å². The van der Waals surface area contributed by atoms with Crippen molar-refractivity contribution in [3.8, 4) is 5.75 Å². The van der Waals surface area contributed by atoms with Crippen molar-refractivity contribution in [3.63, 3.8) is 0 Å². The van der Waals surface area contributed by atoms with Crippen molar-refractivity contribution in [3.05, 3.63) is 60.2 Å². The lowest BCUT2D eigenvalue weighted by Gasteiger charge is -2.17. The van der Waals surface area contributed by atoms with Crippen molar-refractivity contribution >= 4 is 11.8 Å². The van der Waals surface area contributed by atoms with Gasteiger partial charge in [0.1, 0.15) is 5.75 Å². The summed E-state index contributed by atoms with van der Waals surface area (Å²) in [6, 6.07) is 19.2. The fourth-order valence-corrected chi connectivity index (χ4v) is 3.58. The monoisotopic (exact) mass is 300 g/mol. The van der Waals surface area contributed by atoms with Gasteiger partial charge in [-0.1, -0.05) is 56.5 Å². The second kappa shape index (κ2) is 8.78. The second-order valence-corrected chi connectivity index (χ2v) is 6.46. The first-order valence-electron chi connectivity index (χ1n) is 7.69. The molecule has 0 saturated carbocycles. The van der Waals surface area contributed by atoms with E-state index in [0.717, 1.165) is 5.75 Å². The minimum atomic E-state index is 0.518. The highest BCUT2D eigenvalue weighted by atomic mass is 32.2.